The van der Waals surface area contributed by atoms with Crippen molar-refractivity contribution in [2.24, 2.45) is 5.92 Å². The van der Waals surface area contributed by atoms with Gasteiger partial charge in [0.2, 0.25) is 5.28 Å². The van der Waals surface area contributed by atoms with Crippen molar-refractivity contribution in [3.8, 4) is 11.1 Å². The molecule has 0 amide bonds. The van der Waals surface area contributed by atoms with Gasteiger partial charge in [-0.2, -0.15) is 4.98 Å². The van der Waals surface area contributed by atoms with Gasteiger partial charge in [0.1, 0.15) is 10.6 Å². The Morgan fingerprint density at radius 1 is 1.31 bits per heavy atom. The molecule has 3 heterocycles. The van der Waals surface area contributed by atoms with Crippen LogP contribution in [0, 0.1) is 12.8 Å². The van der Waals surface area contributed by atoms with Crippen molar-refractivity contribution in [3.63, 3.8) is 0 Å². The molecular formula is C19H18ClN3O2S. The predicted octanol–water partition coefficient (Wildman–Crippen LogP) is 4.62. The van der Waals surface area contributed by atoms with Gasteiger partial charge >= 0.3 is 5.97 Å². The number of rotatable bonds is 3. The molecule has 0 bridgehead atoms. The van der Waals surface area contributed by atoms with Gasteiger partial charge in [-0.05, 0) is 36.9 Å². The standard InChI is InChI=1S/C19H18ClN3O2S/c1-11-14(12-6-3-2-4-7-12)15-16(21-19(20)22-17(15)26-11)23-9-5-8-13(10-23)18(24)25/h2-4,6-7,13H,5,8-10H2,1H3,(H,24,25). The summed E-state index contributed by atoms with van der Waals surface area (Å²) >= 11 is 7.79. The normalized spacial score (nSPS) is 17.6. The zero-order valence-corrected chi connectivity index (χ0v) is 15.8. The molecule has 4 rings (SSSR count). The maximum atomic E-state index is 11.5. The molecule has 1 N–H and O–H groups in total. The predicted molar refractivity (Wildman–Crippen MR) is 105 cm³/mol. The van der Waals surface area contributed by atoms with Gasteiger partial charge in [-0.15, -0.1) is 11.3 Å². The molecule has 26 heavy (non-hydrogen) atoms. The summed E-state index contributed by atoms with van der Waals surface area (Å²) in [5.41, 5.74) is 2.21. The van der Waals surface area contributed by atoms with Gasteiger partial charge in [0, 0.05) is 23.5 Å². The molecule has 134 valence electrons. The number of halogens is 1. The molecule has 7 heteroatoms. The number of piperidine rings is 1. The Hall–Kier alpha value is -2.18. The van der Waals surface area contributed by atoms with Crippen molar-refractivity contribution < 1.29 is 9.90 Å². The zero-order chi connectivity index (χ0) is 18.3. The lowest BCUT2D eigenvalue weighted by Crippen LogP contribution is -2.39. The molecule has 1 unspecified atom stereocenters. The third kappa shape index (κ3) is 3.04. The third-order valence-corrected chi connectivity index (χ3v) is 5.98. The molecule has 0 saturated carbocycles. The SMILES string of the molecule is Cc1sc2nc(Cl)nc(N3CCCC(C(=O)O)C3)c2c1-c1ccccc1. The summed E-state index contributed by atoms with van der Waals surface area (Å²) in [4.78, 5) is 24.4. The van der Waals surface area contributed by atoms with Crippen LogP contribution in [-0.2, 0) is 4.79 Å². The van der Waals surface area contributed by atoms with Crippen LogP contribution < -0.4 is 4.90 Å². The summed E-state index contributed by atoms with van der Waals surface area (Å²) in [5.74, 6) is -0.391. The number of aliphatic carboxylic acids is 1. The smallest absolute Gasteiger partial charge is 0.308 e. The highest BCUT2D eigenvalue weighted by Crippen LogP contribution is 2.42. The molecule has 0 spiro atoms. The quantitative estimate of drug-likeness (QED) is 0.664. The number of fused-ring (bicyclic) bond motifs is 1. The molecule has 0 radical (unpaired) electrons. The number of hydrogen-bond donors (Lipinski definition) is 1. The van der Waals surface area contributed by atoms with Crippen LogP contribution in [0.3, 0.4) is 0 Å². The fourth-order valence-electron chi connectivity index (χ4n) is 3.62. The van der Waals surface area contributed by atoms with Crippen LogP contribution in [0.15, 0.2) is 30.3 Å². The van der Waals surface area contributed by atoms with E-state index in [1.165, 1.54) is 0 Å². The number of aromatic nitrogens is 2. The van der Waals surface area contributed by atoms with Crippen molar-refractivity contribution in [2.75, 3.05) is 18.0 Å². The van der Waals surface area contributed by atoms with Crippen LogP contribution in [0.5, 0.6) is 0 Å². The fourth-order valence-corrected chi connectivity index (χ4v) is 4.87. The second-order valence-electron chi connectivity index (χ2n) is 6.52. The Morgan fingerprint density at radius 3 is 2.81 bits per heavy atom. The molecular weight excluding hydrogens is 370 g/mol. The highest BCUT2D eigenvalue weighted by Gasteiger charge is 2.29. The largest absolute Gasteiger partial charge is 0.481 e. The molecule has 1 aliphatic heterocycles. The minimum Gasteiger partial charge on any atom is -0.481 e. The minimum absolute atomic E-state index is 0.200. The molecule has 1 saturated heterocycles. The van der Waals surface area contributed by atoms with Gasteiger partial charge in [-0.1, -0.05) is 30.3 Å². The topological polar surface area (TPSA) is 66.3 Å². The van der Waals surface area contributed by atoms with E-state index in [1.807, 2.05) is 18.2 Å². The zero-order valence-electron chi connectivity index (χ0n) is 14.3. The average Bonchev–Trinajstić information content (AvgIpc) is 2.97. The molecule has 1 aromatic carbocycles. The average molecular weight is 388 g/mol. The number of nitrogens with zero attached hydrogens (tertiary/aromatic N) is 3. The van der Waals surface area contributed by atoms with Gasteiger partial charge in [0.15, 0.2) is 0 Å². The second kappa shape index (κ2) is 6.85. The lowest BCUT2D eigenvalue weighted by molar-refractivity contribution is -0.141. The highest BCUT2D eigenvalue weighted by atomic mass is 35.5. The van der Waals surface area contributed by atoms with Crippen LogP contribution in [0.25, 0.3) is 21.3 Å². The summed E-state index contributed by atoms with van der Waals surface area (Å²) in [7, 11) is 0. The van der Waals surface area contributed by atoms with E-state index in [0.29, 0.717) is 13.0 Å². The van der Waals surface area contributed by atoms with E-state index in [0.717, 1.165) is 45.0 Å². The molecule has 3 aromatic rings. The summed E-state index contributed by atoms with van der Waals surface area (Å²) in [6.45, 7) is 3.29. The summed E-state index contributed by atoms with van der Waals surface area (Å²) in [6, 6.07) is 10.2. The van der Waals surface area contributed by atoms with Crippen molar-refractivity contribution in [1.29, 1.82) is 0 Å². The number of hydrogen-bond acceptors (Lipinski definition) is 5. The van der Waals surface area contributed by atoms with Gasteiger partial charge in [-0.3, -0.25) is 4.79 Å². The number of carboxylic acids is 1. The van der Waals surface area contributed by atoms with Crippen LogP contribution in [-0.4, -0.2) is 34.1 Å². The van der Waals surface area contributed by atoms with Crippen LogP contribution in [0.2, 0.25) is 5.28 Å². The molecule has 0 aliphatic carbocycles. The van der Waals surface area contributed by atoms with E-state index >= 15 is 0 Å². The first-order chi connectivity index (χ1) is 12.5. The Morgan fingerprint density at radius 2 is 2.08 bits per heavy atom. The van der Waals surface area contributed by atoms with Crippen LogP contribution >= 0.6 is 22.9 Å². The van der Waals surface area contributed by atoms with E-state index in [2.05, 4.69) is 33.9 Å². The van der Waals surface area contributed by atoms with E-state index in [-0.39, 0.29) is 11.2 Å². The first kappa shape index (κ1) is 17.2. The monoisotopic (exact) mass is 387 g/mol. The van der Waals surface area contributed by atoms with Crippen molar-refractivity contribution in [1.82, 2.24) is 9.97 Å². The van der Waals surface area contributed by atoms with Gasteiger partial charge in [0.25, 0.3) is 0 Å². The summed E-state index contributed by atoms with van der Waals surface area (Å²) in [5, 5.41) is 10.6. The molecule has 1 aliphatic rings. The molecule has 1 atom stereocenters. The molecule has 1 fully saturated rings. The van der Waals surface area contributed by atoms with E-state index in [9.17, 15) is 9.90 Å². The number of thiophene rings is 1. The van der Waals surface area contributed by atoms with Crippen molar-refractivity contribution in [2.45, 2.75) is 19.8 Å². The Labute approximate surface area is 160 Å². The van der Waals surface area contributed by atoms with Gasteiger partial charge < -0.3 is 10.0 Å². The third-order valence-electron chi connectivity index (χ3n) is 4.81. The van der Waals surface area contributed by atoms with Crippen molar-refractivity contribution >= 4 is 44.9 Å². The highest BCUT2D eigenvalue weighted by molar-refractivity contribution is 7.19. The van der Waals surface area contributed by atoms with E-state index < -0.39 is 5.97 Å². The lowest BCUT2D eigenvalue weighted by atomic mass is 9.97. The Kier molecular flexibility index (Phi) is 4.54. The number of benzene rings is 1. The lowest BCUT2D eigenvalue weighted by Gasteiger charge is -2.32. The molecule has 2 aromatic heterocycles. The summed E-state index contributed by atoms with van der Waals surface area (Å²) < 4.78 is 0. The fraction of sp³-hybridized carbons (Fsp3) is 0.316. The van der Waals surface area contributed by atoms with E-state index in [1.54, 1.807) is 11.3 Å². The Balaban J connectivity index is 1.90. The number of carbonyl (C=O) groups is 1. The van der Waals surface area contributed by atoms with Crippen LogP contribution in [0.1, 0.15) is 17.7 Å². The summed E-state index contributed by atoms with van der Waals surface area (Å²) in [6.07, 6.45) is 1.52. The number of carboxylic acid groups (broad SMARTS) is 1. The minimum atomic E-state index is -0.754. The maximum Gasteiger partial charge on any atom is 0.308 e. The maximum absolute atomic E-state index is 11.5. The van der Waals surface area contributed by atoms with Gasteiger partial charge in [-0.25, -0.2) is 4.98 Å². The van der Waals surface area contributed by atoms with Gasteiger partial charge in [0.05, 0.1) is 11.3 Å². The Bertz CT molecular complexity index is 974. The first-order valence-corrected chi connectivity index (χ1v) is 9.74. The van der Waals surface area contributed by atoms with E-state index in [4.69, 9.17) is 11.6 Å². The second-order valence-corrected chi connectivity index (χ2v) is 8.06. The van der Waals surface area contributed by atoms with Crippen molar-refractivity contribution in [3.05, 3.63) is 40.5 Å². The van der Waals surface area contributed by atoms with Crippen LogP contribution in [0.4, 0.5) is 5.82 Å². The first-order valence-electron chi connectivity index (χ1n) is 8.54. The number of anilines is 1. The molecule has 5 nitrogen and oxygen atoms in total. The number of aryl methyl sites for hydroxylation is 1.